The molecule has 0 aromatic carbocycles. The maximum absolute atomic E-state index is 12.8. The third-order valence-electron chi connectivity index (χ3n) is 3.50. The molecule has 0 aliphatic carbocycles. The molecule has 0 unspecified atom stereocenters. The molecule has 0 saturated carbocycles. The topological polar surface area (TPSA) is 92.5 Å². The van der Waals surface area contributed by atoms with Crippen molar-refractivity contribution < 1.29 is 18.3 Å². The predicted molar refractivity (Wildman–Crippen MR) is 76.5 cm³/mol. The quantitative estimate of drug-likeness (QED) is 0.835. The van der Waals surface area contributed by atoms with Crippen molar-refractivity contribution in [2.75, 3.05) is 13.1 Å². The molecule has 0 radical (unpaired) electrons. The Balaban J connectivity index is 2.43. The third-order valence-corrected chi connectivity index (χ3v) is 5.59. The summed E-state index contributed by atoms with van der Waals surface area (Å²) >= 11 is 0. The predicted octanol–water partition coefficient (Wildman–Crippen LogP) is 0.925. The molecule has 21 heavy (non-hydrogen) atoms. The van der Waals surface area contributed by atoms with Gasteiger partial charge in [-0.3, -0.25) is 9.48 Å². The fourth-order valence-electron chi connectivity index (χ4n) is 2.55. The fourth-order valence-corrected chi connectivity index (χ4v) is 4.42. The number of aromatic nitrogens is 2. The Kier molecular flexibility index (Phi) is 4.20. The van der Waals surface area contributed by atoms with E-state index >= 15 is 0 Å². The van der Waals surface area contributed by atoms with Crippen molar-refractivity contribution in [1.82, 2.24) is 14.1 Å². The van der Waals surface area contributed by atoms with Gasteiger partial charge in [-0.2, -0.15) is 9.40 Å². The van der Waals surface area contributed by atoms with Gasteiger partial charge in [-0.1, -0.05) is 11.6 Å². The summed E-state index contributed by atoms with van der Waals surface area (Å²) in [7, 11) is -3.66. The Morgan fingerprint density at radius 1 is 1.38 bits per heavy atom. The summed E-state index contributed by atoms with van der Waals surface area (Å²) in [4.78, 5) is 10.9. The van der Waals surface area contributed by atoms with Crippen molar-refractivity contribution in [1.29, 1.82) is 0 Å². The van der Waals surface area contributed by atoms with Gasteiger partial charge in [0.05, 0.1) is 11.4 Å². The van der Waals surface area contributed by atoms with Gasteiger partial charge < -0.3 is 5.11 Å². The number of aryl methyl sites for hydroxylation is 1. The number of hydrogen-bond donors (Lipinski definition) is 1. The maximum atomic E-state index is 12.8. The largest absolute Gasteiger partial charge is 0.480 e. The van der Waals surface area contributed by atoms with Gasteiger partial charge >= 0.3 is 5.97 Å². The lowest BCUT2D eigenvalue weighted by Crippen LogP contribution is -2.36. The van der Waals surface area contributed by atoms with Gasteiger partial charge in [0, 0.05) is 13.1 Å². The number of aliphatic carboxylic acids is 1. The maximum Gasteiger partial charge on any atom is 0.325 e. The van der Waals surface area contributed by atoms with E-state index in [1.807, 2.05) is 13.0 Å². The molecule has 7 nitrogen and oxygen atoms in total. The number of carbonyl (C=O) groups is 1. The van der Waals surface area contributed by atoms with E-state index in [4.69, 9.17) is 5.11 Å². The van der Waals surface area contributed by atoms with Gasteiger partial charge in [-0.25, -0.2) is 8.42 Å². The Morgan fingerprint density at radius 3 is 2.62 bits per heavy atom. The van der Waals surface area contributed by atoms with Crippen LogP contribution in [0.2, 0.25) is 0 Å². The lowest BCUT2D eigenvalue weighted by molar-refractivity contribution is -0.137. The average molecular weight is 313 g/mol. The minimum Gasteiger partial charge on any atom is -0.480 e. The molecule has 0 bridgehead atoms. The smallest absolute Gasteiger partial charge is 0.325 e. The van der Waals surface area contributed by atoms with Crippen molar-refractivity contribution >= 4 is 16.0 Å². The molecule has 1 aromatic rings. The van der Waals surface area contributed by atoms with Crippen LogP contribution in [0.1, 0.15) is 24.7 Å². The van der Waals surface area contributed by atoms with E-state index in [1.54, 1.807) is 13.8 Å². The van der Waals surface area contributed by atoms with E-state index in [-0.39, 0.29) is 11.4 Å². The molecular formula is C13H19N3O4S. The monoisotopic (exact) mass is 313 g/mol. The second kappa shape index (κ2) is 5.61. The van der Waals surface area contributed by atoms with Crippen LogP contribution in [-0.4, -0.2) is 46.7 Å². The normalized spacial score (nSPS) is 16.8. The summed E-state index contributed by atoms with van der Waals surface area (Å²) in [6, 6.07) is 0. The van der Waals surface area contributed by atoms with Crippen LogP contribution in [0.25, 0.3) is 0 Å². The first kappa shape index (κ1) is 15.7. The Hall–Kier alpha value is -1.67. The van der Waals surface area contributed by atoms with Gasteiger partial charge in [-0.15, -0.1) is 0 Å². The zero-order valence-corrected chi connectivity index (χ0v) is 13.1. The second-order valence-electron chi connectivity index (χ2n) is 5.23. The molecular weight excluding hydrogens is 294 g/mol. The molecule has 1 aliphatic heterocycles. The molecule has 0 saturated heterocycles. The van der Waals surface area contributed by atoms with E-state index in [0.29, 0.717) is 30.9 Å². The minimum atomic E-state index is -3.66. The summed E-state index contributed by atoms with van der Waals surface area (Å²) in [5.41, 5.74) is 1.71. The van der Waals surface area contributed by atoms with Crippen LogP contribution in [0.3, 0.4) is 0 Å². The summed E-state index contributed by atoms with van der Waals surface area (Å²) in [6.07, 6.45) is 2.71. The standard InChI is InChI=1S/C13H19N3O4S/c1-9-5-4-6-15(7-9)21(19,20)13-10(2)14-16(11(13)3)8-12(17)18/h5H,4,6-8H2,1-3H3,(H,17,18). The van der Waals surface area contributed by atoms with E-state index in [1.165, 1.54) is 8.99 Å². The number of carboxylic acid groups (broad SMARTS) is 1. The SMILES string of the molecule is CC1=CCCN(S(=O)(=O)c2c(C)nn(CC(=O)O)c2C)C1. The molecule has 0 fully saturated rings. The van der Waals surface area contributed by atoms with Gasteiger partial charge in [0.2, 0.25) is 10.0 Å². The van der Waals surface area contributed by atoms with Crippen molar-refractivity contribution in [3.05, 3.63) is 23.0 Å². The van der Waals surface area contributed by atoms with Crippen LogP contribution >= 0.6 is 0 Å². The highest BCUT2D eigenvalue weighted by molar-refractivity contribution is 7.89. The van der Waals surface area contributed by atoms with Crippen molar-refractivity contribution in [2.45, 2.75) is 38.6 Å². The van der Waals surface area contributed by atoms with Crippen molar-refractivity contribution in [2.24, 2.45) is 0 Å². The zero-order valence-electron chi connectivity index (χ0n) is 12.3. The van der Waals surface area contributed by atoms with Crippen LogP contribution in [-0.2, 0) is 21.4 Å². The van der Waals surface area contributed by atoms with Crippen LogP contribution in [0, 0.1) is 13.8 Å². The molecule has 2 rings (SSSR count). The van der Waals surface area contributed by atoms with Crippen molar-refractivity contribution in [3.63, 3.8) is 0 Å². The van der Waals surface area contributed by atoms with E-state index in [0.717, 1.165) is 5.57 Å². The van der Waals surface area contributed by atoms with E-state index in [2.05, 4.69) is 5.10 Å². The number of sulfonamides is 1. The second-order valence-corrected chi connectivity index (χ2v) is 7.10. The van der Waals surface area contributed by atoms with Crippen LogP contribution in [0.4, 0.5) is 0 Å². The number of nitrogens with zero attached hydrogens (tertiary/aromatic N) is 3. The summed E-state index contributed by atoms with van der Waals surface area (Å²) < 4.78 is 28.2. The minimum absolute atomic E-state index is 0.124. The summed E-state index contributed by atoms with van der Waals surface area (Å²) in [5.74, 6) is -1.05. The highest BCUT2D eigenvalue weighted by Gasteiger charge is 2.32. The first-order chi connectivity index (χ1) is 9.73. The first-order valence-corrected chi connectivity index (χ1v) is 8.09. The molecule has 1 aromatic heterocycles. The number of rotatable bonds is 4. The lowest BCUT2D eigenvalue weighted by Gasteiger charge is -2.25. The molecule has 2 heterocycles. The highest BCUT2D eigenvalue weighted by Crippen LogP contribution is 2.25. The van der Waals surface area contributed by atoms with E-state index in [9.17, 15) is 13.2 Å². The summed E-state index contributed by atoms with van der Waals surface area (Å²) in [5, 5.41) is 12.9. The fraction of sp³-hybridized carbons (Fsp3) is 0.538. The highest BCUT2D eigenvalue weighted by atomic mass is 32.2. The van der Waals surface area contributed by atoms with Crippen LogP contribution < -0.4 is 0 Å². The van der Waals surface area contributed by atoms with Gasteiger partial charge in [0.15, 0.2) is 0 Å². The molecule has 1 N–H and O–H groups in total. The third kappa shape index (κ3) is 3.01. The van der Waals surface area contributed by atoms with Gasteiger partial charge in [0.1, 0.15) is 11.4 Å². The van der Waals surface area contributed by atoms with Gasteiger partial charge in [0.25, 0.3) is 0 Å². The number of carboxylic acids is 1. The van der Waals surface area contributed by atoms with E-state index < -0.39 is 16.0 Å². The molecule has 0 atom stereocenters. The summed E-state index contributed by atoms with van der Waals surface area (Å²) in [6.45, 7) is 5.53. The first-order valence-electron chi connectivity index (χ1n) is 6.65. The average Bonchev–Trinajstić information content (AvgIpc) is 2.64. The Labute approximate surface area is 123 Å². The lowest BCUT2D eigenvalue weighted by atomic mass is 10.2. The van der Waals surface area contributed by atoms with Crippen LogP contribution in [0.15, 0.2) is 16.5 Å². The van der Waals surface area contributed by atoms with Crippen LogP contribution in [0.5, 0.6) is 0 Å². The Bertz CT molecular complexity index is 703. The molecule has 116 valence electrons. The van der Waals surface area contributed by atoms with Gasteiger partial charge in [-0.05, 0) is 27.2 Å². The van der Waals surface area contributed by atoms with Crippen molar-refractivity contribution in [3.8, 4) is 0 Å². The molecule has 0 spiro atoms. The molecule has 1 aliphatic rings. The number of hydrogen-bond acceptors (Lipinski definition) is 4. The molecule has 0 amide bonds. The molecule has 8 heteroatoms. The zero-order chi connectivity index (χ0) is 15.8. The Morgan fingerprint density at radius 2 is 2.05 bits per heavy atom.